The Labute approximate surface area is 268 Å². The lowest BCUT2D eigenvalue weighted by Crippen LogP contribution is -2.21. The average molecular weight is 609 g/mol. The maximum absolute atomic E-state index is 13.6. The van der Waals surface area contributed by atoms with Gasteiger partial charge < -0.3 is 19.4 Å². The summed E-state index contributed by atoms with van der Waals surface area (Å²) < 4.78 is 13.9. The van der Waals surface area contributed by atoms with Gasteiger partial charge in [-0.05, 0) is 109 Å². The lowest BCUT2D eigenvalue weighted by Gasteiger charge is -2.17. The maximum atomic E-state index is 13.6. The summed E-state index contributed by atoms with van der Waals surface area (Å²) in [7, 11) is 1.70. The summed E-state index contributed by atoms with van der Waals surface area (Å²) in [5, 5.41) is 3.63. The minimum atomic E-state index is -0.301. The molecule has 0 fully saturated rings. The summed E-state index contributed by atoms with van der Waals surface area (Å²) in [6.07, 6.45) is 15.6. The number of amides is 1. The molecule has 1 N–H and O–H groups in total. The lowest BCUT2D eigenvalue weighted by molar-refractivity contribution is -0.111. The lowest BCUT2D eigenvalue weighted by atomic mass is 10.1. The summed E-state index contributed by atoms with van der Waals surface area (Å²) in [5.74, 6) is 0.315. The van der Waals surface area contributed by atoms with Gasteiger partial charge in [0.05, 0.1) is 5.52 Å². The molecule has 1 aromatic heterocycles. The number of hydrogen-bond donors (Lipinski definition) is 1. The first-order valence-electron chi connectivity index (χ1n) is 15.6. The molecule has 0 spiro atoms. The third-order valence-electron chi connectivity index (χ3n) is 7.30. The van der Waals surface area contributed by atoms with Crippen molar-refractivity contribution in [3.8, 4) is 11.5 Å². The molecule has 3 aromatic rings. The molecule has 0 aliphatic rings. The second kappa shape index (κ2) is 17.6. The zero-order valence-electron chi connectivity index (χ0n) is 27.9. The van der Waals surface area contributed by atoms with Crippen molar-refractivity contribution in [3.63, 3.8) is 0 Å². The van der Waals surface area contributed by atoms with Gasteiger partial charge in [0.15, 0.2) is 5.75 Å². The number of allylic oxidation sites excluding steroid dienone is 6. The van der Waals surface area contributed by atoms with Crippen LogP contribution in [0.2, 0.25) is 0 Å². The topological polar surface area (TPSA) is 69.6 Å². The van der Waals surface area contributed by atoms with Crippen LogP contribution < -0.4 is 20.3 Å². The van der Waals surface area contributed by atoms with Crippen molar-refractivity contribution in [2.45, 2.75) is 67.2 Å². The van der Waals surface area contributed by atoms with E-state index in [9.17, 15) is 9.59 Å². The molecule has 6 nitrogen and oxygen atoms in total. The van der Waals surface area contributed by atoms with E-state index in [1.165, 1.54) is 28.4 Å². The molecule has 0 saturated heterocycles. The number of nitrogens with one attached hydrogen (secondary N) is 1. The van der Waals surface area contributed by atoms with Crippen LogP contribution in [0.3, 0.4) is 0 Å². The number of aryl methyl sites for hydroxylation is 1. The highest BCUT2D eigenvalue weighted by Gasteiger charge is 2.19. The van der Waals surface area contributed by atoms with Gasteiger partial charge in [0.2, 0.25) is 11.7 Å². The van der Waals surface area contributed by atoms with Crippen molar-refractivity contribution in [3.05, 3.63) is 117 Å². The predicted molar refractivity (Wildman–Crippen MR) is 189 cm³/mol. The van der Waals surface area contributed by atoms with Gasteiger partial charge >= 0.3 is 0 Å². The van der Waals surface area contributed by atoms with E-state index in [4.69, 9.17) is 9.47 Å². The minimum absolute atomic E-state index is 0.177. The van der Waals surface area contributed by atoms with E-state index >= 15 is 0 Å². The van der Waals surface area contributed by atoms with Crippen LogP contribution in [0.1, 0.15) is 72.8 Å². The van der Waals surface area contributed by atoms with Gasteiger partial charge in [-0.3, -0.25) is 9.59 Å². The number of benzene rings is 2. The van der Waals surface area contributed by atoms with Gasteiger partial charge in [-0.25, -0.2) is 0 Å². The third kappa shape index (κ3) is 11.5. The van der Waals surface area contributed by atoms with Gasteiger partial charge in [0.1, 0.15) is 13.2 Å². The average Bonchev–Trinajstić information content (AvgIpc) is 3.00. The fourth-order valence-corrected chi connectivity index (χ4v) is 4.67. The van der Waals surface area contributed by atoms with Crippen molar-refractivity contribution in [2.24, 2.45) is 7.05 Å². The SMILES string of the molecule is CC(C)=CCC/C(C)=C/COc1c(OC/C=C(\C)CCC=C(C)C)c2ccc(NC(=O)/C=C/c3ccccc3)cc2n(C)c1=O. The van der Waals surface area contributed by atoms with Crippen LogP contribution in [0.4, 0.5) is 5.69 Å². The number of pyridine rings is 1. The number of nitrogens with zero attached hydrogens (tertiary/aromatic N) is 1. The molecule has 0 bridgehead atoms. The molecule has 1 amide bonds. The molecular weight excluding hydrogens is 560 g/mol. The number of aromatic nitrogens is 1. The molecule has 2 aromatic carbocycles. The second-order valence-electron chi connectivity index (χ2n) is 11.9. The Morgan fingerprint density at radius 1 is 0.778 bits per heavy atom. The number of anilines is 1. The van der Waals surface area contributed by atoms with Gasteiger partial charge in [-0.2, -0.15) is 0 Å². The Balaban J connectivity index is 1.89. The molecule has 6 heteroatoms. The van der Waals surface area contributed by atoms with Crippen LogP contribution in [0.25, 0.3) is 17.0 Å². The van der Waals surface area contributed by atoms with Crippen molar-refractivity contribution < 1.29 is 14.3 Å². The van der Waals surface area contributed by atoms with E-state index in [0.717, 1.165) is 36.6 Å². The number of hydrogen-bond acceptors (Lipinski definition) is 4. The molecular formula is C39H48N2O4. The smallest absolute Gasteiger partial charge is 0.297 e. The highest BCUT2D eigenvalue weighted by atomic mass is 16.5. The molecule has 0 saturated carbocycles. The van der Waals surface area contributed by atoms with Crippen LogP contribution in [-0.2, 0) is 11.8 Å². The van der Waals surface area contributed by atoms with Crippen molar-refractivity contribution in [1.29, 1.82) is 0 Å². The Bertz CT molecular complexity index is 1660. The number of fused-ring (bicyclic) bond motifs is 1. The summed E-state index contributed by atoms with van der Waals surface area (Å²) in [6, 6.07) is 15.1. The first kappa shape index (κ1) is 34.9. The van der Waals surface area contributed by atoms with Crippen LogP contribution in [0.5, 0.6) is 11.5 Å². The van der Waals surface area contributed by atoms with Crippen LogP contribution in [-0.4, -0.2) is 23.7 Å². The molecule has 1 heterocycles. The quantitative estimate of drug-likeness (QED) is 0.138. The van der Waals surface area contributed by atoms with Gasteiger partial charge in [0.25, 0.3) is 5.56 Å². The van der Waals surface area contributed by atoms with Crippen molar-refractivity contribution in [2.75, 3.05) is 18.5 Å². The molecule has 0 aliphatic heterocycles. The van der Waals surface area contributed by atoms with Gasteiger partial charge in [0, 0.05) is 24.2 Å². The van der Waals surface area contributed by atoms with E-state index in [1.807, 2.05) is 54.6 Å². The van der Waals surface area contributed by atoms with Crippen LogP contribution >= 0.6 is 0 Å². The predicted octanol–water partition coefficient (Wildman–Crippen LogP) is 9.33. The van der Waals surface area contributed by atoms with E-state index < -0.39 is 0 Å². The molecule has 0 unspecified atom stereocenters. The van der Waals surface area contributed by atoms with E-state index in [-0.39, 0.29) is 23.8 Å². The zero-order chi connectivity index (χ0) is 32.8. The Kier molecular flexibility index (Phi) is 13.7. The Morgan fingerprint density at radius 2 is 1.36 bits per heavy atom. The highest BCUT2D eigenvalue weighted by molar-refractivity contribution is 6.03. The number of rotatable bonds is 15. The molecule has 238 valence electrons. The maximum Gasteiger partial charge on any atom is 0.297 e. The fraction of sp³-hybridized carbons (Fsp3) is 0.333. The fourth-order valence-electron chi connectivity index (χ4n) is 4.67. The minimum Gasteiger partial charge on any atom is -0.485 e. The van der Waals surface area contributed by atoms with Gasteiger partial charge in [-0.15, -0.1) is 0 Å². The summed E-state index contributed by atoms with van der Waals surface area (Å²) >= 11 is 0. The third-order valence-corrected chi connectivity index (χ3v) is 7.30. The van der Waals surface area contributed by atoms with Gasteiger partial charge in [-0.1, -0.05) is 64.8 Å². The van der Waals surface area contributed by atoms with Crippen molar-refractivity contribution in [1.82, 2.24) is 4.57 Å². The first-order chi connectivity index (χ1) is 21.5. The Morgan fingerprint density at radius 3 is 1.93 bits per heavy atom. The van der Waals surface area contributed by atoms with E-state index in [0.29, 0.717) is 23.6 Å². The number of carbonyl (C=O) groups is 1. The van der Waals surface area contributed by atoms with Crippen LogP contribution in [0, 0.1) is 0 Å². The summed E-state index contributed by atoms with van der Waals surface area (Å²) in [5.41, 5.74) is 6.85. The first-order valence-corrected chi connectivity index (χ1v) is 15.6. The summed E-state index contributed by atoms with van der Waals surface area (Å²) in [6.45, 7) is 13.1. The number of carbonyl (C=O) groups excluding carboxylic acids is 1. The largest absolute Gasteiger partial charge is 0.485 e. The van der Waals surface area contributed by atoms with Crippen molar-refractivity contribution >= 4 is 28.6 Å². The highest BCUT2D eigenvalue weighted by Crippen LogP contribution is 2.34. The second-order valence-corrected chi connectivity index (χ2v) is 11.9. The summed E-state index contributed by atoms with van der Waals surface area (Å²) in [4.78, 5) is 26.3. The zero-order valence-corrected chi connectivity index (χ0v) is 27.9. The Hall–Kier alpha value is -4.58. The van der Waals surface area contributed by atoms with Crippen LogP contribution in [0.15, 0.2) is 106 Å². The normalized spacial score (nSPS) is 11.9. The standard InChI is InChI=1S/C39H48N2O4/c1-28(2)13-11-15-30(5)23-25-44-37-34-21-20-33(40-36(42)22-19-32-17-9-8-10-18-32)27-35(34)41(7)39(43)38(37)45-26-24-31(6)16-12-14-29(3)4/h8-10,13-14,17-24,27H,11-12,15-16,25-26H2,1-7H3,(H,40,42)/b22-19+,30-23+,31-24+. The van der Waals surface area contributed by atoms with E-state index in [2.05, 4.69) is 59.0 Å². The molecule has 45 heavy (non-hydrogen) atoms. The monoisotopic (exact) mass is 608 g/mol. The number of ether oxygens (including phenoxy) is 2. The molecule has 0 radical (unpaired) electrons. The molecule has 0 atom stereocenters. The van der Waals surface area contributed by atoms with E-state index in [1.54, 1.807) is 23.8 Å². The molecule has 0 aliphatic carbocycles. The molecule has 3 rings (SSSR count).